The molecule has 0 radical (unpaired) electrons. The molecule has 1 aliphatic heterocycles. The van der Waals surface area contributed by atoms with E-state index in [1.807, 2.05) is 0 Å². The molecule has 6 nitrogen and oxygen atoms in total. The van der Waals surface area contributed by atoms with Crippen LogP contribution in [0.1, 0.15) is 23.4 Å². The van der Waals surface area contributed by atoms with Crippen molar-refractivity contribution in [2.24, 2.45) is 0 Å². The number of amides is 1. The highest BCUT2D eigenvalue weighted by Crippen LogP contribution is 2.21. The highest BCUT2D eigenvalue weighted by molar-refractivity contribution is 7.89. The van der Waals surface area contributed by atoms with Gasteiger partial charge in [0.15, 0.2) is 5.76 Å². The zero-order chi connectivity index (χ0) is 18.0. The van der Waals surface area contributed by atoms with Crippen LogP contribution in [0.25, 0.3) is 0 Å². The maximum Gasteiger partial charge on any atom is 0.289 e. The molecule has 9 heteroatoms. The molecule has 1 saturated heterocycles. The van der Waals surface area contributed by atoms with E-state index in [0.717, 1.165) is 12.1 Å². The second-order valence-electron chi connectivity index (χ2n) is 5.74. The lowest BCUT2D eigenvalue weighted by atomic mass is 10.1. The fraction of sp³-hybridized carbons (Fsp3) is 0.312. The monoisotopic (exact) mass is 386 g/mol. The molecule has 1 amide bonds. The van der Waals surface area contributed by atoms with E-state index in [9.17, 15) is 17.6 Å². The van der Waals surface area contributed by atoms with E-state index >= 15 is 0 Å². The van der Waals surface area contributed by atoms with Crippen molar-refractivity contribution in [1.82, 2.24) is 9.62 Å². The number of hydrogen-bond acceptors (Lipinski definition) is 4. The first-order chi connectivity index (χ1) is 11.9. The van der Waals surface area contributed by atoms with Gasteiger partial charge in [0, 0.05) is 19.1 Å². The lowest BCUT2D eigenvalue weighted by molar-refractivity contribution is 0.0679. The lowest BCUT2D eigenvalue weighted by Gasteiger charge is -2.31. The summed E-state index contributed by atoms with van der Waals surface area (Å²) < 4.78 is 45.6. The molecule has 1 aromatic heterocycles. The van der Waals surface area contributed by atoms with E-state index in [2.05, 4.69) is 4.72 Å². The fourth-order valence-electron chi connectivity index (χ4n) is 2.69. The van der Waals surface area contributed by atoms with Crippen LogP contribution in [0.2, 0.25) is 5.02 Å². The molecule has 0 unspecified atom stereocenters. The van der Waals surface area contributed by atoms with Crippen molar-refractivity contribution < 1.29 is 22.0 Å². The number of likely N-dealkylation sites (tertiary alicyclic amines) is 1. The average molecular weight is 387 g/mol. The van der Waals surface area contributed by atoms with Gasteiger partial charge in [-0.05, 0) is 43.2 Å². The normalized spacial score (nSPS) is 16.2. The summed E-state index contributed by atoms with van der Waals surface area (Å²) in [7, 11) is -3.80. The van der Waals surface area contributed by atoms with Crippen LogP contribution in [0.3, 0.4) is 0 Å². The third-order valence-electron chi connectivity index (χ3n) is 4.04. The Labute approximate surface area is 149 Å². The van der Waals surface area contributed by atoms with E-state index in [1.165, 1.54) is 12.3 Å². The molecule has 1 aliphatic rings. The topological polar surface area (TPSA) is 79.6 Å². The van der Waals surface area contributed by atoms with E-state index in [-0.39, 0.29) is 27.6 Å². The molecule has 1 fully saturated rings. The molecule has 0 spiro atoms. The standard InChI is InChI=1S/C16H16ClFN2O4S/c17-13-10-12(3-4-14(13)18)25(22,23)19-11-5-7-20(8-6-11)16(21)15-2-1-9-24-15/h1-4,9-11,19H,5-8H2. The minimum atomic E-state index is -3.80. The molecular formula is C16H16ClFN2O4S. The van der Waals surface area contributed by atoms with Crippen LogP contribution >= 0.6 is 11.6 Å². The van der Waals surface area contributed by atoms with Crippen LogP contribution < -0.4 is 4.72 Å². The number of nitrogens with one attached hydrogen (secondary N) is 1. The van der Waals surface area contributed by atoms with Gasteiger partial charge in [0.25, 0.3) is 5.91 Å². The second-order valence-corrected chi connectivity index (χ2v) is 7.86. The number of benzene rings is 1. The highest BCUT2D eigenvalue weighted by Gasteiger charge is 2.28. The van der Waals surface area contributed by atoms with Crippen molar-refractivity contribution in [3.8, 4) is 0 Å². The summed E-state index contributed by atoms with van der Waals surface area (Å²) in [6, 6.07) is 6.18. The number of carbonyl (C=O) groups excluding carboxylic acids is 1. The van der Waals surface area contributed by atoms with Gasteiger partial charge in [-0.1, -0.05) is 11.6 Å². The molecule has 134 valence electrons. The molecule has 0 atom stereocenters. The molecule has 2 aromatic rings. The first-order valence-electron chi connectivity index (χ1n) is 7.67. The smallest absolute Gasteiger partial charge is 0.289 e. The van der Waals surface area contributed by atoms with E-state index in [4.69, 9.17) is 16.0 Å². The van der Waals surface area contributed by atoms with Crippen molar-refractivity contribution in [1.29, 1.82) is 0 Å². The predicted octanol–water partition coefficient (Wildman–Crippen LogP) is 2.66. The molecule has 3 rings (SSSR count). The first-order valence-corrected chi connectivity index (χ1v) is 9.53. The van der Waals surface area contributed by atoms with Gasteiger partial charge < -0.3 is 9.32 Å². The van der Waals surface area contributed by atoms with E-state index < -0.39 is 15.8 Å². The number of rotatable bonds is 4. The highest BCUT2D eigenvalue weighted by atomic mass is 35.5. The number of nitrogens with zero attached hydrogens (tertiary/aromatic N) is 1. The Morgan fingerprint density at radius 3 is 2.60 bits per heavy atom. The molecule has 0 saturated carbocycles. The van der Waals surface area contributed by atoms with Crippen molar-refractivity contribution in [3.63, 3.8) is 0 Å². The van der Waals surface area contributed by atoms with Crippen LogP contribution in [-0.4, -0.2) is 38.4 Å². The quantitative estimate of drug-likeness (QED) is 0.876. The van der Waals surface area contributed by atoms with E-state index in [1.54, 1.807) is 17.0 Å². The molecule has 0 bridgehead atoms. The lowest BCUT2D eigenvalue weighted by Crippen LogP contribution is -2.46. The predicted molar refractivity (Wildman–Crippen MR) is 89.4 cm³/mol. The zero-order valence-electron chi connectivity index (χ0n) is 13.1. The number of sulfonamides is 1. The number of carbonyl (C=O) groups is 1. The molecule has 1 aromatic carbocycles. The Bertz CT molecular complexity index is 862. The van der Waals surface area contributed by atoms with Gasteiger partial charge in [0.1, 0.15) is 5.82 Å². The molecule has 0 aliphatic carbocycles. The Hall–Kier alpha value is -1.90. The van der Waals surface area contributed by atoms with E-state index in [0.29, 0.717) is 25.9 Å². The summed E-state index contributed by atoms with van der Waals surface area (Å²) in [5.74, 6) is -0.623. The molecule has 2 heterocycles. The second kappa shape index (κ2) is 7.15. The average Bonchev–Trinajstić information content (AvgIpc) is 3.11. The minimum absolute atomic E-state index is 0.0898. The Balaban J connectivity index is 1.61. The zero-order valence-corrected chi connectivity index (χ0v) is 14.7. The maximum absolute atomic E-state index is 13.2. The Morgan fingerprint density at radius 2 is 2.00 bits per heavy atom. The van der Waals surface area contributed by atoms with Crippen molar-refractivity contribution in [3.05, 3.63) is 53.2 Å². The largest absolute Gasteiger partial charge is 0.459 e. The number of furan rings is 1. The van der Waals surface area contributed by atoms with Crippen molar-refractivity contribution in [2.45, 2.75) is 23.8 Å². The summed E-state index contributed by atoms with van der Waals surface area (Å²) >= 11 is 5.65. The number of hydrogen-bond donors (Lipinski definition) is 1. The Morgan fingerprint density at radius 1 is 1.28 bits per heavy atom. The summed E-state index contributed by atoms with van der Waals surface area (Å²) in [6.45, 7) is 0.827. The van der Waals surface area contributed by atoms with Crippen LogP contribution in [0.5, 0.6) is 0 Å². The maximum atomic E-state index is 13.2. The van der Waals surface area contributed by atoms with Crippen LogP contribution in [-0.2, 0) is 10.0 Å². The van der Waals surface area contributed by atoms with Gasteiger partial charge in [-0.3, -0.25) is 4.79 Å². The van der Waals surface area contributed by atoms with Gasteiger partial charge in [0.2, 0.25) is 10.0 Å². The van der Waals surface area contributed by atoms with Crippen molar-refractivity contribution >= 4 is 27.5 Å². The summed E-state index contributed by atoms with van der Waals surface area (Å²) in [5, 5.41) is -0.248. The third kappa shape index (κ3) is 4.02. The minimum Gasteiger partial charge on any atom is -0.459 e. The Kier molecular flexibility index (Phi) is 5.12. The fourth-order valence-corrected chi connectivity index (χ4v) is 4.26. The van der Waals surface area contributed by atoms with Gasteiger partial charge in [0.05, 0.1) is 16.2 Å². The molecule has 25 heavy (non-hydrogen) atoms. The number of piperidine rings is 1. The first kappa shape index (κ1) is 17.9. The molecule has 1 N–H and O–H groups in total. The third-order valence-corrected chi connectivity index (χ3v) is 5.85. The summed E-state index contributed by atoms with van der Waals surface area (Å²) in [4.78, 5) is 13.7. The number of halogens is 2. The van der Waals surface area contributed by atoms with Gasteiger partial charge in [-0.2, -0.15) is 0 Å². The van der Waals surface area contributed by atoms with Gasteiger partial charge in [-0.15, -0.1) is 0 Å². The molecular weight excluding hydrogens is 371 g/mol. The van der Waals surface area contributed by atoms with Crippen LogP contribution in [0.4, 0.5) is 4.39 Å². The van der Waals surface area contributed by atoms with Crippen LogP contribution in [0, 0.1) is 5.82 Å². The van der Waals surface area contributed by atoms with Crippen LogP contribution in [0.15, 0.2) is 45.9 Å². The van der Waals surface area contributed by atoms with Crippen molar-refractivity contribution in [2.75, 3.05) is 13.1 Å². The van der Waals surface area contributed by atoms with Gasteiger partial charge >= 0.3 is 0 Å². The SMILES string of the molecule is O=C(c1ccco1)N1CCC(NS(=O)(=O)c2ccc(F)c(Cl)c2)CC1. The van der Waals surface area contributed by atoms with Gasteiger partial charge in [-0.25, -0.2) is 17.5 Å². The summed E-state index contributed by atoms with van der Waals surface area (Å²) in [6.07, 6.45) is 2.38. The summed E-state index contributed by atoms with van der Waals surface area (Å²) in [5.41, 5.74) is 0.